The third-order valence-corrected chi connectivity index (χ3v) is 4.01. The van der Waals surface area contributed by atoms with E-state index in [0.29, 0.717) is 6.04 Å². The lowest BCUT2D eigenvalue weighted by molar-refractivity contribution is 0.442. The number of allylic oxidation sites excluding steroid dienone is 1. The molecule has 0 spiro atoms. The highest BCUT2D eigenvalue weighted by Crippen LogP contribution is 2.48. The summed E-state index contributed by atoms with van der Waals surface area (Å²) < 4.78 is 0. The number of hydrogen-bond acceptors (Lipinski definition) is 1. The summed E-state index contributed by atoms with van der Waals surface area (Å²) in [5, 5.41) is 0. The largest absolute Gasteiger partial charge is 0.327 e. The summed E-state index contributed by atoms with van der Waals surface area (Å²) in [7, 11) is 0. The van der Waals surface area contributed by atoms with Crippen LogP contribution in [0.5, 0.6) is 0 Å². The van der Waals surface area contributed by atoms with E-state index in [1.807, 2.05) is 0 Å². The van der Waals surface area contributed by atoms with Crippen molar-refractivity contribution in [1.29, 1.82) is 0 Å². The van der Waals surface area contributed by atoms with Crippen molar-refractivity contribution in [2.75, 3.05) is 0 Å². The summed E-state index contributed by atoms with van der Waals surface area (Å²) in [6.07, 6.45) is 6.48. The molecule has 0 aromatic carbocycles. The maximum atomic E-state index is 6.17. The van der Waals surface area contributed by atoms with E-state index in [9.17, 15) is 0 Å². The van der Waals surface area contributed by atoms with Gasteiger partial charge in [0.05, 0.1) is 0 Å². The molecule has 2 rings (SSSR count). The summed E-state index contributed by atoms with van der Waals surface area (Å²) in [6.45, 7) is 4.58. The van der Waals surface area contributed by atoms with Gasteiger partial charge in [-0.2, -0.15) is 0 Å². The van der Waals surface area contributed by atoms with E-state index in [-0.39, 0.29) is 0 Å². The molecule has 0 saturated heterocycles. The van der Waals surface area contributed by atoms with Gasteiger partial charge in [-0.05, 0) is 43.9 Å². The van der Waals surface area contributed by atoms with E-state index in [1.54, 1.807) is 11.1 Å². The second kappa shape index (κ2) is 3.45. The zero-order valence-corrected chi connectivity index (χ0v) is 8.84. The number of fused-ring (bicyclic) bond motifs is 1. The van der Waals surface area contributed by atoms with Gasteiger partial charge in [0, 0.05) is 6.04 Å². The first-order valence-corrected chi connectivity index (χ1v) is 5.74. The van der Waals surface area contributed by atoms with Gasteiger partial charge in [-0.1, -0.05) is 25.0 Å². The van der Waals surface area contributed by atoms with Gasteiger partial charge in [0.25, 0.3) is 0 Å². The molecule has 0 aromatic heterocycles. The molecule has 3 atom stereocenters. The highest BCUT2D eigenvalue weighted by molar-refractivity contribution is 5.27. The summed E-state index contributed by atoms with van der Waals surface area (Å²) in [4.78, 5) is 0. The molecule has 1 fully saturated rings. The lowest BCUT2D eigenvalue weighted by atomic mass is 9.91. The van der Waals surface area contributed by atoms with Crippen LogP contribution in [-0.2, 0) is 0 Å². The van der Waals surface area contributed by atoms with Gasteiger partial charge in [0.15, 0.2) is 0 Å². The van der Waals surface area contributed by atoms with Crippen molar-refractivity contribution < 1.29 is 0 Å². The normalized spacial score (nSPS) is 38.5. The van der Waals surface area contributed by atoms with E-state index < -0.39 is 0 Å². The fourth-order valence-electron chi connectivity index (χ4n) is 3.43. The van der Waals surface area contributed by atoms with Gasteiger partial charge in [0.2, 0.25) is 0 Å². The summed E-state index contributed by atoms with van der Waals surface area (Å²) >= 11 is 0. The van der Waals surface area contributed by atoms with Crippen LogP contribution in [0.15, 0.2) is 11.1 Å². The van der Waals surface area contributed by atoms with E-state index >= 15 is 0 Å². The summed E-state index contributed by atoms with van der Waals surface area (Å²) in [6, 6.07) is 0.476. The van der Waals surface area contributed by atoms with Crippen LogP contribution in [0.25, 0.3) is 0 Å². The first kappa shape index (κ1) is 9.26. The topological polar surface area (TPSA) is 26.0 Å². The fraction of sp³-hybridized carbons (Fsp3) is 0.833. The minimum atomic E-state index is 0.476. The molecule has 1 saturated carbocycles. The quantitative estimate of drug-likeness (QED) is 0.648. The Morgan fingerprint density at radius 3 is 2.62 bits per heavy atom. The molecule has 2 aliphatic carbocycles. The first-order chi connectivity index (χ1) is 6.27. The van der Waals surface area contributed by atoms with Crippen LogP contribution in [0.1, 0.15) is 46.0 Å². The van der Waals surface area contributed by atoms with Crippen LogP contribution in [0, 0.1) is 11.8 Å². The lowest BCUT2D eigenvalue weighted by Gasteiger charge is -2.18. The SMILES string of the molecule is CCC1=C(CC)C2C(N)CCC2C1. The summed E-state index contributed by atoms with van der Waals surface area (Å²) in [5.74, 6) is 1.68. The molecule has 0 amide bonds. The van der Waals surface area contributed by atoms with Crippen molar-refractivity contribution in [3.63, 3.8) is 0 Å². The minimum absolute atomic E-state index is 0.476. The van der Waals surface area contributed by atoms with Crippen LogP contribution >= 0.6 is 0 Å². The van der Waals surface area contributed by atoms with Crippen LogP contribution in [0.4, 0.5) is 0 Å². The average Bonchev–Trinajstić information content (AvgIpc) is 2.65. The van der Waals surface area contributed by atoms with E-state index in [2.05, 4.69) is 13.8 Å². The van der Waals surface area contributed by atoms with Gasteiger partial charge in [-0.3, -0.25) is 0 Å². The van der Waals surface area contributed by atoms with Crippen molar-refractivity contribution in [3.05, 3.63) is 11.1 Å². The Balaban J connectivity index is 2.24. The Labute approximate surface area is 81.4 Å². The second-order valence-corrected chi connectivity index (χ2v) is 4.57. The highest BCUT2D eigenvalue weighted by Gasteiger charge is 2.40. The standard InChI is InChI=1S/C12H21N/c1-3-8-7-9-5-6-11(13)12(9)10(8)4-2/h9,11-12H,3-7,13H2,1-2H3. The Kier molecular flexibility index (Phi) is 2.46. The minimum Gasteiger partial charge on any atom is -0.327 e. The Bertz CT molecular complexity index is 229. The van der Waals surface area contributed by atoms with Gasteiger partial charge in [0.1, 0.15) is 0 Å². The third kappa shape index (κ3) is 1.34. The van der Waals surface area contributed by atoms with Crippen molar-refractivity contribution in [2.45, 2.75) is 52.0 Å². The van der Waals surface area contributed by atoms with E-state index in [0.717, 1.165) is 11.8 Å². The van der Waals surface area contributed by atoms with Crippen LogP contribution < -0.4 is 5.73 Å². The fourth-order valence-corrected chi connectivity index (χ4v) is 3.43. The van der Waals surface area contributed by atoms with Gasteiger partial charge in [-0.25, -0.2) is 0 Å². The number of hydrogen-bond donors (Lipinski definition) is 1. The molecule has 2 aliphatic rings. The van der Waals surface area contributed by atoms with Crippen molar-refractivity contribution in [1.82, 2.24) is 0 Å². The molecular weight excluding hydrogens is 158 g/mol. The maximum absolute atomic E-state index is 6.17. The second-order valence-electron chi connectivity index (χ2n) is 4.57. The van der Waals surface area contributed by atoms with Gasteiger partial charge < -0.3 is 5.73 Å². The smallest absolute Gasteiger partial charge is 0.0108 e. The Hall–Kier alpha value is -0.300. The first-order valence-electron chi connectivity index (χ1n) is 5.74. The average molecular weight is 179 g/mol. The molecule has 3 unspecified atom stereocenters. The van der Waals surface area contributed by atoms with Crippen molar-refractivity contribution in [2.24, 2.45) is 17.6 Å². The molecule has 0 bridgehead atoms. The predicted molar refractivity (Wildman–Crippen MR) is 56.4 cm³/mol. The van der Waals surface area contributed by atoms with Gasteiger partial charge >= 0.3 is 0 Å². The van der Waals surface area contributed by atoms with Crippen LogP contribution in [0.2, 0.25) is 0 Å². The molecular formula is C12H21N. The van der Waals surface area contributed by atoms with E-state index in [1.165, 1.54) is 32.1 Å². The lowest BCUT2D eigenvalue weighted by Crippen LogP contribution is -2.26. The highest BCUT2D eigenvalue weighted by atomic mass is 14.7. The molecule has 2 N–H and O–H groups in total. The van der Waals surface area contributed by atoms with Crippen molar-refractivity contribution in [3.8, 4) is 0 Å². The van der Waals surface area contributed by atoms with Crippen LogP contribution in [-0.4, -0.2) is 6.04 Å². The number of nitrogens with two attached hydrogens (primary N) is 1. The maximum Gasteiger partial charge on any atom is 0.0108 e. The molecule has 0 aromatic rings. The zero-order valence-electron chi connectivity index (χ0n) is 8.84. The molecule has 0 heterocycles. The molecule has 0 radical (unpaired) electrons. The Morgan fingerprint density at radius 2 is 2.00 bits per heavy atom. The zero-order chi connectivity index (χ0) is 9.42. The van der Waals surface area contributed by atoms with Gasteiger partial charge in [-0.15, -0.1) is 0 Å². The third-order valence-electron chi connectivity index (χ3n) is 4.01. The predicted octanol–water partition coefficient (Wildman–Crippen LogP) is 2.86. The molecule has 1 nitrogen and oxygen atoms in total. The molecule has 1 heteroatoms. The molecule has 74 valence electrons. The summed E-state index contributed by atoms with van der Waals surface area (Å²) in [5.41, 5.74) is 9.62. The monoisotopic (exact) mass is 179 g/mol. The molecule has 0 aliphatic heterocycles. The van der Waals surface area contributed by atoms with E-state index in [4.69, 9.17) is 5.73 Å². The molecule has 13 heavy (non-hydrogen) atoms. The Morgan fingerprint density at radius 1 is 1.23 bits per heavy atom. The number of rotatable bonds is 2. The van der Waals surface area contributed by atoms with Crippen molar-refractivity contribution >= 4 is 0 Å². The van der Waals surface area contributed by atoms with Crippen LogP contribution in [0.3, 0.4) is 0 Å².